The second kappa shape index (κ2) is 5.40. The van der Waals surface area contributed by atoms with E-state index in [2.05, 4.69) is 26.9 Å². The molecule has 94 valence electrons. The number of hydrogen-bond acceptors (Lipinski definition) is 3. The average molecular weight is 308 g/mol. The first kappa shape index (κ1) is 12.9. The van der Waals surface area contributed by atoms with Gasteiger partial charge in [0.05, 0.1) is 11.6 Å². The van der Waals surface area contributed by atoms with Gasteiger partial charge in [-0.2, -0.15) is 5.26 Å². The maximum Gasteiger partial charge on any atom is 0.220 e. The molecule has 0 bridgehead atoms. The Morgan fingerprint density at radius 2 is 2.06 bits per heavy atom. The predicted molar refractivity (Wildman–Crippen MR) is 73.0 cm³/mol. The number of hydrogen-bond donors (Lipinski definition) is 1. The van der Waals surface area contributed by atoms with Gasteiger partial charge in [-0.05, 0) is 31.0 Å². The highest BCUT2D eigenvalue weighted by Crippen LogP contribution is 2.27. The Labute approximate surface area is 115 Å². The van der Waals surface area contributed by atoms with E-state index in [4.69, 9.17) is 11.0 Å². The number of carbonyl (C=O) groups excluding carboxylic acids is 1. The van der Waals surface area contributed by atoms with Gasteiger partial charge in [0.1, 0.15) is 0 Å². The summed E-state index contributed by atoms with van der Waals surface area (Å²) in [5.41, 5.74) is 6.97. The summed E-state index contributed by atoms with van der Waals surface area (Å²) in [6.45, 7) is 1.60. The van der Waals surface area contributed by atoms with E-state index < -0.39 is 0 Å². The van der Waals surface area contributed by atoms with Crippen LogP contribution in [0.2, 0.25) is 0 Å². The van der Waals surface area contributed by atoms with Gasteiger partial charge in [-0.25, -0.2) is 0 Å². The number of rotatable bonds is 2. The van der Waals surface area contributed by atoms with E-state index in [1.807, 2.05) is 12.1 Å². The van der Waals surface area contributed by atoms with Crippen LogP contribution in [0.4, 0.5) is 5.69 Å². The molecule has 1 aromatic carbocycles. The summed E-state index contributed by atoms with van der Waals surface area (Å²) in [4.78, 5) is 13.3. The molecular formula is C13H14BrN3O. The van der Waals surface area contributed by atoms with Crippen LogP contribution in [0.5, 0.6) is 0 Å². The van der Waals surface area contributed by atoms with Gasteiger partial charge >= 0.3 is 0 Å². The van der Waals surface area contributed by atoms with Crippen LogP contribution >= 0.6 is 15.9 Å². The molecule has 0 radical (unpaired) electrons. The second-order valence-corrected chi connectivity index (χ2v) is 5.39. The number of nitriles is 1. The molecule has 1 heterocycles. The van der Waals surface area contributed by atoms with Gasteiger partial charge in [0.25, 0.3) is 0 Å². The number of carbonyl (C=O) groups is 1. The van der Waals surface area contributed by atoms with Crippen LogP contribution < -0.4 is 10.6 Å². The lowest BCUT2D eigenvalue weighted by Crippen LogP contribution is -2.38. The van der Waals surface area contributed by atoms with Crippen molar-refractivity contribution in [3.63, 3.8) is 0 Å². The van der Waals surface area contributed by atoms with Crippen LogP contribution in [0.1, 0.15) is 18.4 Å². The van der Waals surface area contributed by atoms with Gasteiger partial charge in [0.15, 0.2) is 0 Å². The minimum Gasteiger partial charge on any atom is -0.371 e. The first-order valence-corrected chi connectivity index (χ1v) is 6.64. The van der Waals surface area contributed by atoms with Crippen LogP contribution in [0.25, 0.3) is 0 Å². The van der Waals surface area contributed by atoms with Gasteiger partial charge in [0, 0.05) is 29.2 Å². The highest BCUT2D eigenvalue weighted by molar-refractivity contribution is 9.10. The largest absolute Gasteiger partial charge is 0.371 e. The summed E-state index contributed by atoms with van der Waals surface area (Å²) in [6.07, 6.45) is 1.56. The molecule has 0 saturated carbocycles. The lowest BCUT2D eigenvalue weighted by molar-refractivity contribution is -0.122. The molecule has 1 aliphatic heterocycles. The normalized spacial score (nSPS) is 16.3. The van der Waals surface area contributed by atoms with Gasteiger partial charge in [-0.3, -0.25) is 4.79 Å². The molecule has 0 aliphatic carbocycles. The fourth-order valence-corrected chi connectivity index (χ4v) is 2.72. The van der Waals surface area contributed by atoms with Crippen LogP contribution in [0.3, 0.4) is 0 Å². The number of piperidine rings is 1. The van der Waals surface area contributed by atoms with E-state index in [1.165, 1.54) is 0 Å². The zero-order chi connectivity index (χ0) is 13.1. The van der Waals surface area contributed by atoms with Crippen molar-refractivity contribution in [1.82, 2.24) is 0 Å². The minimum atomic E-state index is -0.207. The third-order valence-corrected chi connectivity index (χ3v) is 3.73. The van der Waals surface area contributed by atoms with Crippen molar-refractivity contribution in [3.05, 3.63) is 28.2 Å². The molecule has 0 atom stereocenters. The Bertz CT molecular complexity index is 501. The molecule has 0 spiro atoms. The zero-order valence-electron chi connectivity index (χ0n) is 9.90. The number of nitrogens with zero attached hydrogens (tertiary/aromatic N) is 2. The monoisotopic (exact) mass is 307 g/mol. The van der Waals surface area contributed by atoms with E-state index >= 15 is 0 Å². The lowest BCUT2D eigenvalue weighted by atomic mass is 9.96. The molecule has 4 nitrogen and oxygen atoms in total. The van der Waals surface area contributed by atoms with Crippen LogP contribution in [0.15, 0.2) is 22.7 Å². The standard InChI is InChI=1S/C13H14BrN3O/c14-11-5-9(8-15)6-12(7-11)17-3-1-10(2-4-17)13(16)18/h5-7,10H,1-4H2,(H2,16,18). The third-order valence-electron chi connectivity index (χ3n) is 3.27. The van der Waals surface area contributed by atoms with Crippen molar-refractivity contribution in [2.45, 2.75) is 12.8 Å². The molecule has 1 fully saturated rings. The highest BCUT2D eigenvalue weighted by atomic mass is 79.9. The average Bonchev–Trinajstić information content (AvgIpc) is 2.38. The first-order valence-electron chi connectivity index (χ1n) is 5.85. The van der Waals surface area contributed by atoms with E-state index in [1.54, 1.807) is 6.07 Å². The van der Waals surface area contributed by atoms with Gasteiger partial charge < -0.3 is 10.6 Å². The topological polar surface area (TPSA) is 70.1 Å². The van der Waals surface area contributed by atoms with Gasteiger partial charge in [0.2, 0.25) is 5.91 Å². The molecule has 5 heteroatoms. The van der Waals surface area contributed by atoms with Crippen molar-refractivity contribution in [3.8, 4) is 6.07 Å². The fraction of sp³-hybridized carbons (Fsp3) is 0.385. The Balaban J connectivity index is 2.12. The van der Waals surface area contributed by atoms with Crippen LogP contribution in [-0.4, -0.2) is 19.0 Å². The molecule has 18 heavy (non-hydrogen) atoms. The number of anilines is 1. The Kier molecular flexibility index (Phi) is 3.87. The Morgan fingerprint density at radius 3 is 2.61 bits per heavy atom. The Hall–Kier alpha value is -1.54. The molecule has 1 saturated heterocycles. The van der Waals surface area contributed by atoms with E-state index in [9.17, 15) is 4.79 Å². The van der Waals surface area contributed by atoms with E-state index in [-0.39, 0.29) is 11.8 Å². The van der Waals surface area contributed by atoms with Gasteiger partial charge in [-0.1, -0.05) is 15.9 Å². The quantitative estimate of drug-likeness (QED) is 0.908. The third kappa shape index (κ3) is 2.82. The first-order chi connectivity index (χ1) is 8.60. The molecule has 2 rings (SSSR count). The van der Waals surface area contributed by atoms with Gasteiger partial charge in [-0.15, -0.1) is 0 Å². The van der Waals surface area contributed by atoms with Crippen molar-refractivity contribution >= 4 is 27.5 Å². The molecule has 0 unspecified atom stereocenters. The number of benzene rings is 1. The summed E-state index contributed by atoms with van der Waals surface area (Å²) in [7, 11) is 0. The molecular weight excluding hydrogens is 294 g/mol. The summed E-state index contributed by atoms with van der Waals surface area (Å²) in [5, 5.41) is 8.95. The van der Waals surface area contributed by atoms with Crippen molar-refractivity contribution < 1.29 is 4.79 Å². The highest BCUT2D eigenvalue weighted by Gasteiger charge is 2.23. The molecule has 1 amide bonds. The summed E-state index contributed by atoms with van der Waals surface area (Å²) in [6, 6.07) is 7.80. The van der Waals surface area contributed by atoms with Crippen molar-refractivity contribution in [2.75, 3.05) is 18.0 Å². The van der Waals surface area contributed by atoms with Crippen LogP contribution in [-0.2, 0) is 4.79 Å². The maximum atomic E-state index is 11.1. The van der Waals surface area contributed by atoms with E-state index in [0.717, 1.165) is 36.1 Å². The predicted octanol–water partition coefficient (Wildman–Crippen LogP) is 2.02. The molecule has 2 N–H and O–H groups in total. The summed E-state index contributed by atoms with van der Waals surface area (Å²) < 4.78 is 0.897. The SMILES string of the molecule is N#Cc1cc(Br)cc(N2CCC(C(N)=O)CC2)c1. The smallest absolute Gasteiger partial charge is 0.220 e. The molecule has 0 aromatic heterocycles. The van der Waals surface area contributed by atoms with E-state index in [0.29, 0.717) is 5.56 Å². The second-order valence-electron chi connectivity index (χ2n) is 4.47. The number of primary amides is 1. The lowest BCUT2D eigenvalue weighted by Gasteiger charge is -2.32. The Morgan fingerprint density at radius 1 is 1.39 bits per heavy atom. The minimum absolute atomic E-state index is 0.0103. The molecule has 1 aliphatic rings. The molecule has 1 aromatic rings. The number of nitrogens with two attached hydrogens (primary N) is 1. The zero-order valence-corrected chi connectivity index (χ0v) is 11.5. The van der Waals surface area contributed by atoms with Crippen LogP contribution in [0, 0.1) is 17.2 Å². The number of halogens is 1. The number of amides is 1. The fourth-order valence-electron chi connectivity index (χ4n) is 2.24. The van der Waals surface area contributed by atoms with Crippen molar-refractivity contribution in [2.24, 2.45) is 11.7 Å². The summed E-state index contributed by atoms with van der Waals surface area (Å²) in [5.74, 6) is -0.217. The summed E-state index contributed by atoms with van der Waals surface area (Å²) >= 11 is 3.40. The van der Waals surface area contributed by atoms with Crippen molar-refractivity contribution in [1.29, 1.82) is 5.26 Å². The maximum absolute atomic E-state index is 11.1.